The van der Waals surface area contributed by atoms with E-state index < -0.39 is 5.60 Å². The summed E-state index contributed by atoms with van der Waals surface area (Å²) in [6, 6.07) is 7.59. The summed E-state index contributed by atoms with van der Waals surface area (Å²) in [4.78, 5) is 23.9. The summed E-state index contributed by atoms with van der Waals surface area (Å²) < 4.78 is 11.7. The largest absolute Gasteiger partial charge is 0.377 e. The average molecular weight is 412 g/mol. The third kappa shape index (κ3) is 3.97. The molecule has 0 radical (unpaired) electrons. The molecule has 4 rings (SSSR count). The number of anilines is 2. The quantitative estimate of drug-likeness (QED) is 0.803. The highest BCUT2D eigenvalue weighted by Crippen LogP contribution is 2.40. The second-order valence-electron chi connectivity index (χ2n) is 8.18. The molecule has 8 nitrogen and oxygen atoms in total. The van der Waals surface area contributed by atoms with Crippen LogP contribution in [0.4, 0.5) is 16.3 Å². The number of hydrogen-bond donors (Lipinski definition) is 2. The summed E-state index contributed by atoms with van der Waals surface area (Å²) in [5.74, 6) is 1.59. The predicted molar refractivity (Wildman–Crippen MR) is 116 cm³/mol. The Labute approximate surface area is 177 Å². The highest BCUT2D eigenvalue weighted by atomic mass is 16.5. The molecule has 1 fully saturated rings. The number of morpholine rings is 1. The molecule has 8 heteroatoms. The number of hydrogen-bond acceptors (Lipinski definition) is 6. The van der Waals surface area contributed by atoms with E-state index in [1.807, 2.05) is 45.0 Å². The van der Waals surface area contributed by atoms with E-state index in [4.69, 9.17) is 19.4 Å². The lowest BCUT2D eigenvalue weighted by atomic mass is 10.0. The van der Waals surface area contributed by atoms with Gasteiger partial charge in [-0.15, -0.1) is 0 Å². The second-order valence-corrected chi connectivity index (χ2v) is 8.18. The third-order valence-corrected chi connectivity index (χ3v) is 5.51. The van der Waals surface area contributed by atoms with Gasteiger partial charge in [-0.05, 0) is 52.0 Å². The highest BCUT2D eigenvalue weighted by Gasteiger charge is 2.38. The van der Waals surface area contributed by atoms with Crippen molar-refractivity contribution in [2.75, 3.05) is 36.5 Å². The number of carbonyl (C=O) groups is 1. The minimum atomic E-state index is -0.461. The fourth-order valence-corrected chi connectivity index (χ4v) is 3.87. The van der Waals surface area contributed by atoms with Crippen LogP contribution in [0, 0.1) is 0 Å². The van der Waals surface area contributed by atoms with Crippen molar-refractivity contribution in [1.82, 2.24) is 15.3 Å². The molecule has 2 N–H and O–H groups in total. The lowest BCUT2D eigenvalue weighted by Gasteiger charge is -2.35. The lowest BCUT2D eigenvalue weighted by molar-refractivity contribution is -0.0100. The zero-order valence-corrected chi connectivity index (χ0v) is 18.0. The Hall–Kier alpha value is -2.71. The predicted octanol–water partition coefficient (Wildman–Crippen LogP) is 3.28. The fraction of sp³-hybridized carbons (Fsp3) is 0.500. The van der Waals surface area contributed by atoms with Gasteiger partial charge < -0.3 is 25.0 Å². The van der Waals surface area contributed by atoms with Crippen molar-refractivity contribution in [1.29, 1.82) is 0 Å². The van der Waals surface area contributed by atoms with Crippen LogP contribution in [0.1, 0.15) is 39.0 Å². The molecule has 1 atom stereocenters. The first-order valence-electron chi connectivity index (χ1n) is 10.4. The Morgan fingerprint density at radius 3 is 2.73 bits per heavy atom. The first kappa shape index (κ1) is 20.6. The number of aromatic nitrogens is 2. The number of ether oxygens (including phenoxy) is 2. The monoisotopic (exact) mass is 411 g/mol. The molecule has 0 aliphatic carbocycles. The number of carbonyl (C=O) groups excluding carboxylic acids is 1. The van der Waals surface area contributed by atoms with Gasteiger partial charge in [0.15, 0.2) is 5.82 Å². The number of rotatable bonds is 4. The minimum absolute atomic E-state index is 0.221. The van der Waals surface area contributed by atoms with Crippen LogP contribution in [0.15, 0.2) is 24.3 Å². The summed E-state index contributed by atoms with van der Waals surface area (Å²) in [5.41, 5.74) is 3.15. The van der Waals surface area contributed by atoms with E-state index in [0.29, 0.717) is 32.2 Å². The summed E-state index contributed by atoms with van der Waals surface area (Å²) in [5, 5.41) is 5.53. The zero-order valence-electron chi connectivity index (χ0n) is 18.0. The minimum Gasteiger partial charge on any atom is -0.377 e. The van der Waals surface area contributed by atoms with Gasteiger partial charge in [-0.1, -0.05) is 0 Å². The number of amides is 2. The molecule has 1 aromatic heterocycles. The SMILES string of the molecule is CCNC(=O)Nc1ccc(-c2nc(N3CCOCC3C)c3c(n2)C(C)(C)OC3)cc1. The van der Waals surface area contributed by atoms with Gasteiger partial charge in [0.25, 0.3) is 0 Å². The van der Waals surface area contributed by atoms with Crippen molar-refractivity contribution in [2.24, 2.45) is 0 Å². The Bertz CT molecular complexity index is 929. The van der Waals surface area contributed by atoms with Gasteiger partial charge in [-0.2, -0.15) is 0 Å². The number of urea groups is 1. The first-order valence-corrected chi connectivity index (χ1v) is 10.4. The average Bonchev–Trinajstić information content (AvgIpc) is 3.03. The van der Waals surface area contributed by atoms with Crippen molar-refractivity contribution < 1.29 is 14.3 Å². The molecule has 30 heavy (non-hydrogen) atoms. The lowest BCUT2D eigenvalue weighted by Crippen LogP contribution is -2.44. The van der Waals surface area contributed by atoms with Gasteiger partial charge in [0.05, 0.1) is 31.6 Å². The maximum atomic E-state index is 11.7. The standard InChI is InChI=1S/C22H29N5O3/c1-5-23-21(28)24-16-8-6-15(7-9-16)19-25-18-17(13-30-22(18,3)4)20(26-19)27-10-11-29-12-14(27)2/h6-9,14H,5,10-13H2,1-4H3,(H2,23,24,28). The van der Waals surface area contributed by atoms with Crippen molar-refractivity contribution in [3.05, 3.63) is 35.5 Å². The Balaban J connectivity index is 1.70. The van der Waals surface area contributed by atoms with E-state index in [0.717, 1.165) is 34.9 Å². The summed E-state index contributed by atoms with van der Waals surface area (Å²) >= 11 is 0. The molecular formula is C22H29N5O3. The van der Waals surface area contributed by atoms with Crippen LogP contribution in [0.25, 0.3) is 11.4 Å². The fourth-order valence-electron chi connectivity index (χ4n) is 3.87. The van der Waals surface area contributed by atoms with Crippen molar-refractivity contribution in [3.63, 3.8) is 0 Å². The Morgan fingerprint density at radius 2 is 2.03 bits per heavy atom. The van der Waals surface area contributed by atoms with E-state index >= 15 is 0 Å². The maximum absolute atomic E-state index is 11.7. The van der Waals surface area contributed by atoms with Crippen LogP contribution in [0.3, 0.4) is 0 Å². The van der Waals surface area contributed by atoms with Crippen LogP contribution >= 0.6 is 0 Å². The number of nitrogens with one attached hydrogen (secondary N) is 2. The smallest absolute Gasteiger partial charge is 0.319 e. The van der Waals surface area contributed by atoms with Gasteiger partial charge in [0, 0.05) is 29.9 Å². The molecule has 160 valence electrons. The third-order valence-electron chi connectivity index (χ3n) is 5.51. The normalized spacial score (nSPS) is 20.0. The van der Waals surface area contributed by atoms with E-state index in [9.17, 15) is 4.79 Å². The Morgan fingerprint density at radius 1 is 1.27 bits per heavy atom. The molecule has 2 aliphatic rings. The molecule has 1 aromatic carbocycles. The van der Waals surface area contributed by atoms with Gasteiger partial charge >= 0.3 is 6.03 Å². The molecule has 0 saturated carbocycles. The molecular weight excluding hydrogens is 382 g/mol. The summed E-state index contributed by atoms with van der Waals surface area (Å²) in [7, 11) is 0. The second kappa shape index (κ2) is 8.20. The topological polar surface area (TPSA) is 88.6 Å². The number of benzene rings is 1. The summed E-state index contributed by atoms with van der Waals surface area (Å²) in [6.45, 7) is 11.4. The number of nitrogens with zero attached hydrogens (tertiary/aromatic N) is 3. The van der Waals surface area contributed by atoms with Gasteiger partial charge in [-0.25, -0.2) is 14.8 Å². The molecule has 1 saturated heterocycles. The van der Waals surface area contributed by atoms with Crippen molar-refractivity contribution in [3.8, 4) is 11.4 Å². The molecule has 3 heterocycles. The van der Waals surface area contributed by atoms with Crippen LogP contribution < -0.4 is 15.5 Å². The number of fused-ring (bicyclic) bond motifs is 1. The molecule has 2 aliphatic heterocycles. The zero-order chi connectivity index (χ0) is 21.3. The van der Waals surface area contributed by atoms with Gasteiger partial charge in [-0.3, -0.25) is 0 Å². The van der Waals surface area contributed by atoms with E-state index in [2.05, 4.69) is 22.5 Å². The molecule has 0 spiro atoms. The maximum Gasteiger partial charge on any atom is 0.319 e. The van der Waals surface area contributed by atoms with Gasteiger partial charge in [0.1, 0.15) is 11.4 Å². The molecule has 2 aromatic rings. The van der Waals surface area contributed by atoms with Crippen LogP contribution in [-0.4, -0.2) is 48.3 Å². The van der Waals surface area contributed by atoms with E-state index in [1.54, 1.807) is 0 Å². The van der Waals surface area contributed by atoms with Crippen LogP contribution in [0.5, 0.6) is 0 Å². The van der Waals surface area contributed by atoms with Crippen LogP contribution in [0.2, 0.25) is 0 Å². The molecule has 0 bridgehead atoms. The molecule has 1 unspecified atom stereocenters. The Kier molecular flexibility index (Phi) is 5.62. The van der Waals surface area contributed by atoms with E-state index in [-0.39, 0.29) is 12.1 Å². The highest BCUT2D eigenvalue weighted by molar-refractivity contribution is 5.89. The van der Waals surface area contributed by atoms with Crippen molar-refractivity contribution in [2.45, 2.75) is 45.9 Å². The van der Waals surface area contributed by atoms with E-state index in [1.165, 1.54) is 0 Å². The molecule has 2 amide bonds. The van der Waals surface area contributed by atoms with Crippen LogP contribution in [-0.2, 0) is 21.7 Å². The summed E-state index contributed by atoms with van der Waals surface area (Å²) in [6.07, 6.45) is 0. The first-order chi connectivity index (χ1) is 14.4. The van der Waals surface area contributed by atoms with Gasteiger partial charge in [0.2, 0.25) is 0 Å². The van der Waals surface area contributed by atoms with Crippen molar-refractivity contribution >= 4 is 17.5 Å².